The zero-order chi connectivity index (χ0) is 23.5. The zero-order valence-electron chi connectivity index (χ0n) is 19.1. The Bertz CT molecular complexity index is 1210. The predicted octanol–water partition coefficient (Wildman–Crippen LogP) is 4.85. The van der Waals surface area contributed by atoms with Crippen molar-refractivity contribution in [2.45, 2.75) is 19.4 Å². The minimum atomic E-state index is -0.297. The fourth-order valence-corrected chi connectivity index (χ4v) is 4.05. The molecule has 4 rings (SSSR count). The summed E-state index contributed by atoms with van der Waals surface area (Å²) in [6.07, 6.45) is 0.587. The molecule has 1 heterocycles. The standard InChI is InChI=1S/C26H26FN3O3/c1-16-13-19-14-23(32-3)24(33-4)15-21(19)25(29-30(16)26(31)28-2)18-11-9-17(10-12-18)20-7-5-6-8-22(20)27/h5-12,14-16H,13H2,1-4H3,(H,28,31). The van der Waals surface area contributed by atoms with E-state index in [0.717, 1.165) is 22.3 Å². The van der Waals surface area contributed by atoms with Gasteiger partial charge in [-0.05, 0) is 42.7 Å². The topological polar surface area (TPSA) is 63.2 Å². The Labute approximate surface area is 192 Å². The van der Waals surface area contributed by atoms with Crippen molar-refractivity contribution >= 4 is 11.7 Å². The summed E-state index contributed by atoms with van der Waals surface area (Å²) < 4.78 is 25.3. The number of carbonyl (C=O) groups excluding carboxylic acids is 1. The molecular formula is C26H26FN3O3. The van der Waals surface area contributed by atoms with Gasteiger partial charge in [0.1, 0.15) is 5.82 Å². The van der Waals surface area contributed by atoms with Crippen LogP contribution in [0.15, 0.2) is 65.8 Å². The highest BCUT2D eigenvalue weighted by molar-refractivity contribution is 6.14. The van der Waals surface area contributed by atoms with Crippen molar-refractivity contribution in [3.05, 3.63) is 83.2 Å². The summed E-state index contributed by atoms with van der Waals surface area (Å²) in [6.45, 7) is 1.95. The number of methoxy groups -OCH3 is 2. The molecule has 1 atom stereocenters. The highest BCUT2D eigenvalue weighted by Gasteiger charge is 2.28. The molecular weight excluding hydrogens is 421 g/mol. The normalized spacial score (nSPS) is 15.2. The lowest BCUT2D eigenvalue weighted by Crippen LogP contribution is -2.41. The number of carbonyl (C=O) groups is 1. The maximum absolute atomic E-state index is 14.3. The average Bonchev–Trinajstić information content (AvgIpc) is 2.98. The molecule has 3 aromatic carbocycles. The van der Waals surface area contributed by atoms with Crippen LogP contribution in [0.4, 0.5) is 9.18 Å². The van der Waals surface area contributed by atoms with Crippen LogP contribution in [0.3, 0.4) is 0 Å². The van der Waals surface area contributed by atoms with Gasteiger partial charge in [0.2, 0.25) is 0 Å². The van der Waals surface area contributed by atoms with Gasteiger partial charge in [0.15, 0.2) is 11.5 Å². The highest BCUT2D eigenvalue weighted by atomic mass is 19.1. The first-order valence-corrected chi connectivity index (χ1v) is 10.7. The summed E-state index contributed by atoms with van der Waals surface area (Å²) in [7, 11) is 4.76. The van der Waals surface area contributed by atoms with E-state index in [1.165, 1.54) is 11.1 Å². The third-order valence-electron chi connectivity index (χ3n) is 5.77. The lowest BCUT2D eigenvalue weighted by atomic mass is 9.93. The van der Waals surface area contributed by atoms with Gasteiger partial charge in [-0.2, -0.15) is 5.10 Å². The van der Waals surface area contributed by atoms with Crippen LogP contribution in [0, 0.1) is 5.82 Å². The largest absolute Gasteiger partial charge is 0.493 e. The number of halogens is 1. The van der Waals surface area contributed by atoms with Crippen molar-refractivity contribution in [2.75, 3.05) is 21.3 Å². The number of nitrogens with one attached hydrogen (secondary N) is 1. The van der Waals surface area contributed by atoms with Crippen molar-refractivity contribution < 1.29 is 18.7 Å². The van der Waals surface area contributed by atoms with E-state index in [2.05, 4.69) is 5.32 Å². The molecule has 1 aliphatic rings. The number of urea groups is 1. The molecule has 2 amide bonds. The van der Waals surface area contributed by atoms with E-state index < -0.39 is 0 Å². The van der Waals surface area contributed by atoms with Crippen LogP contribution in [0.25, 0.3) is 11.1 Å². The molecule has 0 spiro atoms. The number of fused-ring (bicyclic) bond motifs is 1. The van der Waals surface area contributed by atoms with E-state index in [1.54, 1.807) is 39.5 Å². The predicted molar refractivity (Wildman–Crippen MR) is 126 cm³/mol. The van der Waals surface area contributed by atoms with Gasteiger partial charge in [0.05, 0.1) is 26.0 Å². The first-order valence-electron chi connectivity index (χ1n) is 10.7. The van der Waals surface area contributed by atoms with Crippen molar-refractivity contribution in [1.82, 2.24) is 10.3 Å². The van der Waals surface area contributed by atoms with Gasteiger partial charge in [-0.1, -0.05) is 42.5 Å². The van der Waals surface area contributed by atoms with Crippen LogP contribution < -0.4 is 14.8 Å². The molecule has 1 aliphatic heterocycles. The molecule has 33 heavy (non-hydrogen) atoms. The van der Waals surface area contributed by atoms with Gasteiger partial charge in [-0.15, -0.1) is 0 Å². The molecule has 0 aromatic heterocycles. The Balaban J connectivity index is 1.86. The lowest BCUT2D eigenvalue weighted by molar-refractivity contribution is 0.184. The average molecular weight is 448 g/mol. The molecule has 0 aliphatic carbocycles. The van der Waals surface area contributed by atoms with Crippen molar-refractivity contribution in [2.24, 2.45) is 5.10 Å². The maximum Gasteiger partial charge on any atom is 0.337 e. The SMILES string of the molecule is CNC(=O)N1N=C(c2ccc(-c3ccccc3F)cc2)c2cc(OC)c(OC)cc2CC1C. The summed E-state index contributed by atoms with van der Waals surface area (Å²) in [6, 6.07) is 17.5. The van der Waals surface area contributed by atoms with Gasteiger partial charge in [-0.25, -0.2) is 14.2 Å². The molecule has 1 unspecified atom stereocenters. The van der Waals surface area contributed by atoms with Crippen LogP contribution in [0.5, 0.6) is 11.5 Å². The summed E-state index contributed by atoms with van der Waals surface area (Å²) in [4.78, 5) is 12.6. The van der Waals surface area contributed by atoms with Crippen LogP contribution in [0.1, 0.15) is 23.6 Å². The summed E-state index contributed by atoms with van der Waals surface area (Å²) in [5.41, 5.74) is 4.55. The summed E-state index contributed by atoms with van der Waals surface area (Å²) in [5.74, 6) is 0.915. The first-order chi connectivity index (χ1) is 16.0. The molecule has 7 heteroatoms. The molecule has 0 fully saturated rings. The monoisotopic (exact) mass is 447 g/mol. The second kappa shape index (κ2) is 9.32. The van der Waals surface area contributed by atoms with Crippen LogP contribution in [-0.2, 0) is 6.42 Å². The van der Waals surface area contributed by atoms with Gasteiger partial charge in [0, 0.05) is 23.7 Å². The molecule has 6 nitrogen and oxygen atoms in total. The minimum Gasteiger partial charge on any atom is -0.493 e. The third kappa shape index (κ3) is 4.26. The Morgan fingerprint density at radius 1 is 1.00 bits per heavy atom. The van der Waals surface area contributed by atoms with E-state index in [4.69, 9.17) is 14.6 Å². The number of hydrogen-bond acceptors (Lipinski definition) is 4. The Morgan fingerprint density at radius 3 is 2.27 bits per heavy atom. The van der Waals surface area contributed by atoms with Crippen LogP contribution in [-0.4, -0.2) is 44.1 Å². The lowest BCUT2D eigenvalue weighted by Gasteiger charge is -2.22. The van der Waals surface area contributed by atoms with E-state index in [0.29, 0.717) is 29.2 Å². The molecule has 1 N–H and O–H groups in total. The van der Waals surface area contributed by atoms with Gasteiger partial charge in [0.25, 0.3) is 0 Å². The third-order valence-corrected chi connectivity index (χ3v) is 5.77. The molecule has 0 saturated carbocycles. The highest BCUT2D eigenvalue weighted by Crippen LogP contribution is 2.35. The number of rotatable bonds is 4. The number of benzene rings is 3. The van der Waals surface area contributed by atoms with Gasteiger partial charge >= 0.3 is 6.03 Å². The van der Waals surface area contributed by atoms with E-state index in [1.807, 2.05) is 43.3 Å². The second-order valence-corrected chi connectivity index (χ2v) is 7.82. The molecule has 0 radical (unpaired) electrons. The van der Waals surface area contributed by atoms with Crippen LogP contribution in [0.2, 0.25) is 0 Å². The van der Waals surface area contributed by atoms with Crippen molar-refractivity contribution in [3.8, 4) is 22.6 Å². The Morgan fingerprint density at radius 2 is 1.64 bits per heavy atom. The molecule has 0 bridgehead atoms. The van der Waals surface area contributed by atoms with Gasteiger partial charge < -0.3 is 14.8 Å². The molecule has 170 valence electrons. The van der Waals surface area contributed by atoms with E-state index in [9.17, 15) is 9.18 Å². The summed E-state index contributed by atoms with van der Waals surface area (Å²) in [5, 5.41) is 8.88. The number of ether oxygens (including phenoxy) is 2. The zero-order valence-corrected chi connectivity index (χ0v) is 19.1. The maximum atomic E-state index is 14.3. The van der Waals surface area contributed by atoms with Crippen LogP contribution >= 0.6 is 0 Å². The number of hydrazone groups is 1. The smallest absolute Gasteiger partial charge is 0.337 e. The quantitative estimate of drug-likeness (QED) is 0.622. The number of amides is 2. The van der Waals surface area contributed by atoms with Gasteiger partial charge in [-0.3, -0.25) is 0 Å². The first kappa shape index (κ1) is 22.3. The molecule has 0 saturated heterocycles. The number of nitrogens with zero attached hydrogens (tertiary/aromatic N) is 2. The minimum absolute atomic E-state index is 0.183. The second-order valence-electron chi connectivity index (χ2n) is 7.82. The molecule has 3 aromatic rings. The van der Waals surface area contributed by atoms with Crippen molar-refractivity contribution in [3.63, 3.8) is 0 Å². The van der Waals surface area contributed by atoms with Crippen molar-refractivity contribution in [1.29, 1.82) is 0 Å². The fourth-order valence-electron chi connectivity index (χ4n) is 4.05. The number of hydrogen-bond donors (Lipinski definition) is 1. The Kier molecular flexibility index (Phi) is 6.31. The fraction of sp³-hybridized carbons (Fsp3) is 0.231. The summed E-state index contributed by atoms with van der Waals surface area (Å²) >= 11 is 0. The van der Waals surface area contributed by atoms with E-state index in [-0.39, 0.29) is 17.9 Å². The Hall–Kier alpha value is -3.87. The van der Waals surface area contributed by atoms with E-state index >= 15 is 0 Å².